The highest BCUT2D eigenvalue weighted by atomic mass is 15.2. The Hall–Kier alpha value is -6.85. The molecule has 1 aliphatic carbocycles. The number of para-hydroxylation sites is 2. The lowest BCUT2D eigenvalue weighted by molar-refractivity contribution is 0.234. The number of hydrogen-bond acceptors (Lipinski definition) is 3. The zero-order valence-corrected chi connectivity index (χ0v) is 34.1. The van der Waals surface area contributed by atoms with Crippen LogP contribution >= 0.6 is 0 Å². The molecular weight excluding hydrogens is 719 g/mol. The third kappa shape index (κ3) is 5.41. The van der Waals surface area contributed by atoms with Crippen LogP contribution < -0.4 is 0 Å². The molecule has 59 heavy (non-hydrogen) atoms. The van der Waals surface area contributed by atoms with Gasteiger partial charge >= 0.3 is 0 Å². The third-order valence-corrected chi connectivity index (χ3v) is 13.3. The molecule has 5 nitrogen and oxygen atoms in total. The van der Waals surface area contributed by atoms with Gasteiger partial charge in [0.1, 0.15) is 0 Å². The van der Waals surface area contributed by atoms with E-state index in [-0.39, 0.29) is 10.8 Å². The summed E-state index contributed by atoms with van der Waals surface area (Å²) in [5.41, 5.74) is 13.1. The molecule has 3 aromatic heterocycles. The molecule has 1 unspecified atom stereocenters. The fourth-order valence-electron chi connectivity index (χ4n) is 10.1. The Morgan fingerprint density at radius 1 is 0.475 bits per heavy atom. The summed E-state index contributed by atoms with van der Waals surface area (Å²) in [6.07, 6.45) is 1.18. The van der Waals surface area contributed by atoms with Crippen molar-refractivity contribution in [2.75, 3.05) is 0 Å². The van der Waals surface area contributed by atoms with Crippen LogP contribution in [0.4, 0.5) is 0 Å². The first-order valence-corrected chi connectivity index (χ1v) is 20.8. The summed E-state index contributed by atoms with van der Waals surface area (Å²) in [6, 6.07) is 58.6. The van der Waals surface area contributed by atoms with Crippen LogP contribution in [0.25, 0.3) is 89.2 Å². The summed E-state index contributed by atoms with van der Waals surface area (Å²) in [7, 11) is 0. The number of benzene rings is 7. The second kappa shape index (κ2) is 13.1. The molecule has 0 bridgehead atoms. The van der Waals surface area contributed by atoms with Crippen molar-refractivity contribution in [2.24, 2.45) is 5.92 Å². The van der Waals surface area contributed by atoms with E-state index in [0.717, 1.165) is 49.7 Å². The van der Waals surface area contributed by atoms with Gasteiger partial charge in [-0.25, -0.2) is 4.98 Å². The standard InChI is InChI=1S/C54H45N5/c1-34-33-53(2,3)44-24-16-23-39(47(44)54(34,4)5)35-27-29-38(30-28-35)58-45-25-14-12-21-40(45)42-31-32-43-41-22-13-15-26-46(41)59(49(43)48(42)58)52-56-50(36-17-8-6-9-18-36)55-51(57-52)37-19-10-7-11-20-37/h6-32,34H,33H2,1-5H3. The highest BCUT2D eigenvalue weighted by molar-refractivity contribution is 6.23. The Morgan fingerprint density at radius 3 is 1.59 bits per heavy atom. The van der Waals surface area contributed by atoms with Gasteiger partial charge < -0.3 is 4.57 Å². The molecule has 1 atom stereocenters. The largest absolute Gasteiger partial charge is 0.307 e. The van der Waals surface area contributed by atoms with Gasteiger partial charge in [-0.15, -0.1) is 0 Å². The van der Waals surface area contributed by atoms with E-state index >= 15 is 0 Å². The Morgan fingerprint density at radius 2 is 1.00 bits per heavy atom. The van der Waals surface area contributed by atoms with Crippen LogP contribution in [0.5, 0.6) is 0 Å². The molecule has 0 spiro atoms. The van der Waals surface area contributed by atoms with Gasteiger partial charge in [-0.2, -0.15) is 9.97 Å². The second-order valence-electron chi connectivity index (χ2n) is 17.6. The van der Waals surface area contributed by atoms with Gasteiger partial charge in [0.05, 0.1) is 22.1 Å². The average molecular weight is 764 g/mol. The minimum absolute atomic E-state index is 0.0573. The Bertz CT molecular complexity index is 3180. The van der Waals surface area contributed by atoms with Crippen molar-refractivity contribution in [1.82, 2.24) is 24.1 Å². The van der Waals surface area contributed by atoms with Gasteiger partial charge in [-0.1, -0.05) is 174 Å². The van der Waals surface area contributed by atoms with Crippen molar-refractivity contribution >= 4 is 43.6 Å². The first-order valence-electron chi connectivity index (χ1n) is 20.8. The minimum Gasteiger partial charge on any atom is -0.307 e. The molecule has 0 saturated heterocycles. The Balaban J connectivity index is 1.19. The highest BCUT2D eigenvalue weighted by Gasteiger charge is 2.43. The first-order chi connectivity index (χ1) is 28.7. The quantitative estimate of drug-likeness (QED) is 0.175. The van der Waals surface area contributed by atoms with Crippen LogP contribution in [0, 0.1) is 5.92 Å². The molecule has 0 N–H and O–H groups in total. The lowest BCUT2D eigenvalue weighted by Gasteiger charge is -2.47. The molecule has 286 valence electrons. The van der Waals surface area contributed by atoms with Gasteiger partial charge in [-0.05, 0) is 69.7 Å². The van der Waals surface area contributed by atoms with E-state index in [4.69, 9.17) is 15.0 Å². The maximum Gasteiger partial charge on any atom is 0.238 e. The summed E-state index contributed by atoms with van der Waals surface area (Å²) in [5, 5.41) is 4.67. The van der Waals surface area contributed by atoms with Crippen molar-refractivity contribution in [1.29, 1.82) is 0 Å². The van der Waals surface area contributed by atoms with Gasteiger partial charge in [0.25, 0.3) is 0 Å². The van der Waals surface area contributed by atoms with E-state index in [0.29, 0.717) is 23.5 Å². The molecule has 0 fully saturated rings. The number of hydrogen-bond donors (Lipinski definition) is 0. The van der Waals surface area contributed by atoms with Gasteiger partial charge in [0.2, 0.25) is 5.95 Å². The van der Waals surface area contributed by atoms with Crippen LogP contribution in [0.3, 0.4) is 0 Å². The maximum absolute atomic E-state index is 5.27. The Labute approximate surface area is 344 Å². The summed E-state index contributed by atoms with van der Waals surface area (Å²) in [4.78, 5) is 15.6. The van der Waals surface area contributed by atoms with Crippen LogP contribution in [-0.4, -0.2) is 24.1 Å². The molecule has 0 saturated carbocycles. The topological polar surface area (TPSA) is 48.5 Å². The molecular formula is C54H45N5. The van der Waals surface area contributed by atoms with E-state index in [2.05, 4.69) is 171 Å². The first kappa shape index (κ1) is 35.3. The van der Waals surface area contributed by atoms with E-state index in [1.165, 1.54) is 39.4 Å². The van der Waals surface area contributed by atoms with Crippen molar-refractivity contribution in [3.63, 3.8) is 0 Å². The lowest BCUT2D eigenvalue weighted by Crippen LogP contribution is -2.40. The number of aromatic nitrogens is 5. The van der Waals surface area contributed by atoms with Crippen molar-refractivity contribution < 1.29 is 0 Å². The van der Waals surface area contributed by atoms with E-state index < -0.39 is 0 Å². The van der Waals surface area contributed by atoms with E-state index in [9.17, 15) is 0 Å². The fourth-order valence-corrected chi connectivity index (χ4v) is 10.1. The van der Waals surface area contributed by atoms with E-state index in [1.54, 1.807) is 0 Å². The zero-order valence-electron chi connectivity index (χ0n) is 34.1. The number of nitrogens with zero attached hydrogens (tertiary/aromatic N) is 5. The normalized spacial score (nSPS) is 15.9. The van der Waals surface area contributed by atoms with Gasteiger partial charge in [0, 0.05) is 38.4 Å². The SMILES string of the molecule is CC1CC(C)(C)c2cccc(-c3ccc(-n4c5ccccc5c5ccc6c7ccccc7n(-c7nc(-c8ccccc8)nc(-c8ccccc8)n7)c6c54)cc3)c2C1(C)C. The van der Waals surface area contributed by atoms with Gasteiger partial charge in [0.15, 0.2) is 11.6 Å². The maximum atomic E-state index is 5.27. The number of rotatable bonds is 5. The predicted octanol–water partition coefficient (Wildman–Crippen LogP) is 13.7. The summed E-state index contributed by atoms with van der Waals surface area (Å²) < 4.78 is 4.71. The monoisotopic (exact) mass is 763 g/mol. The Kier molecular flexibility index (Phi) is 7.83. The summed E-state index contributed by atoms with van der Waals surface area (Å²) in [5.74, 6) is 2.41. The smallest absolute Gasteiger partial charge is 0.238 e. The average Bonchev–Trinajstić information content (AvgIpc) is 3.79. The molecule has 11 rings (SSSR count). The summed E-state index contributed by atoms with van der Waals surface area (Å²) in [6.45, 7) is 12.1. The van der Waals surface area contributed by atoms with Gasteiger partial charge in [-0.3, -0.25) is 4.57 Å². The molecule has 7 aromatic carbocycles. The second-order valence-corrected chi connectivity index (χ2v) is 17.6. The van der Waals surface area contributed by atoms with E-state index in [1.807, 2.05) is 36.4 Å². The van der Waals surface area contributed by atoms with Crippen LogP contribution in [0.15, 0.2) is 164 Å². The highest BCUT2D eigenvalue weighted by Crippen LogP contribution is 2.52. The van der Waals surface area contributed by atoms with Crippen LogP contribution in [-0.2, 0) is 10.8 Å². The molecule has 10 aromatic rings. The molecule has 0 radical (unpaired) electrons. The minimum atomic E-state index is 0.0573. The van der Waals surface area contributed by atoms with Crippen molar-refractivity contribution in [2.45, 2.75) is 51.9 Å². The van der Waals surface area contributed by atoms with Crippen LogP contribution in [0.1, 0.15) is 52.2 Å². The molecule has 3 heterocycles. The van der Waals surface area contributed by atoms with Crippen molar-refractivity contribution in [3.8, 4) is 45.5 Å². The predicted molar refractivity (Wildman–Crippen MR) is 245 cm³/mol. The van der Waals surface area contributed by atoms with Crippen molar-refractivity contribution in [3.05, 3.63) is 175 Å². The fraction of sp³-hybridized carbons (Fsp3) is 0.167. The molecule has 5 heteroatoms. The number of fused-ring (bicyclic) bond motifs is 8. The lowest BCUT2D eigenvalue weighted by atomic mass is 9.57. The third-order valence-electron chi connectivity index (χ3n) is 13.3. The van der Waals surface area contributed by atoms with Crippen LogP contribution in [0.2, 0.25) is 0 Å². The summed E-state index contributed by atoms with van der Waals surface area (Å²) >= 11 is 0. The zero-order chi connectivity index (χ0) is 40.0. The molecule has 0 aliphatic heterocycles. The molecule has 1 aliphatic rings. The molecule has 0 amide bonds.